The summed E-state index contributed by atoms with van der Waals surface area (Å²) in [5.41, 5.74) is 7.33. The number of nitrogens with zero attached hydrogens (tertiary/aromatic N) is 2. The number of carbonyl (C=O) groups excluding carboxylic acids is 1. The quantitative estimate of drug-likeness (QED) is 0.243. The van der Waals surface area contributed by atoms with Gasteiger partial charge in [-0.25, -0.2) is 9.18 Å². The molecule has 8 heteroatoms. The van der Waals surface area contributed by atoms with Gasteiger partial charge in [0.15, 0.2) is 11.6 Å². The number of nitrogens with one attached hydrogen (secondary N) is 2. The monoisotopic (exact) mass is 453 g/mol. The summed E-state index contributed by atoms with van der Waals surface area (Å²) in [7, 11) is 1.77. The second-order valence-electron chi connectivity index (χ2n) is 8.83. The van der Waals surface area contributed by atoms with Crippen LogP contribution in [0.1, 0.15) is 44.2 Å². The lowest BCUT2D eigenvalue weighted by Gasteiger charge is -2.30. The molecule has 2 aromatic rings. The van der Waals surface area contributed by atoms with Crippen molar-refractivity contribution < 1.29 is 13.9 Å². The van der Waals surface area contributed by atoms with Crippen molar-refractivity contribution in [3.63, 3.8) is 0 Å². The summed E-state index contributed by atoms with van der Waals surface area (Å²) in [6.45, 7) is 5.59. The molecule has 1 aliphatic heterocycles. The number of hydrogen-bond donors (Lipinski definition) is 3. The smallest absolute Gasteiger partial charge is 0.334 e. The number of ether oxygens (including phenoxy) is 1. The Bertz CT molecular complexity index is 1030. The van der Waals surface area contributed by atoms with Gasteiger partial charge in [-0.2, -0.15) is 0 Å². The molecule has 4 N–H and O–H groups in total. The zero-order valence-electron chi connectivity index (χ0n) is 19.4. The summed E-state index contributed by atoms with van der Waals surface area (Å²) in [6.07, 6.45) is 2.56. The molecule has 1 saturated heterocycles. The van der Waals surface area contributed by atoms with Crippen molar-refractivity contribution in [3.05, 3.63) is 59.4 Å². The fraction of sp³-hybridized carbons (Fsp3) is 0.400. The maximum absolute atomic E-state index is 14.8. The lowest BCUT2D eigenvalue weighted by molar-refractivity contribution is -0.136. The minimum atomic E-state index is -0.672. The van der Waals surface area contributed by atoms with Crippen molar-refractivity contribution in [2.24, 2.45) is 11.7 Å². The van der Waals surface area contributed by atoms with Crippen LogP contribution in [-0.2, 0) is 4.79 Å². The van der Waals surface area contributed by atoms with Gasteiger partial charge < -0.3 is 20.3 Å². The zero-order chi connectivity index (χ0) is 24.1. The van der Waals surface area contributed by atoms with Crippen LogP contribution in [0.5, 0.6) is 5.75 Å². The molecule has 33 heavy (non-hydrogen) atoms. The van der Waals surface area contributed by atoms with Crippen LogP contribution in [0, 0.1) is 22.6 Å². The van der Waals surface area contributed by atoms with Crippen molar-refractivity contribution in [3.8, 4) is 5.75 Å². The molecule has 1 fully saturated rings. The average Bonchev–Trinajstić information content (AvgIpc) is 3.32. The van der Waals surface area contributed by atoms with E-state index in [1.807, 2.05) is 24.8 Å². The molecule has 2 aromatic carbocycles. The van der Waals surface area contributed by atoms with Gasteiger partial charge in [0.05, 0.1) is 0 Å². The Kier molecular flexibility index (Phi) is 7.68. The second kappa shape index (κ2) is 10.5. The number of carbonyl (C=O) groups is 1. The highest BCUT2D eigenvalue weighted by atomic mass is 19.1. The number of rotatable bonds is 8. The first-order valence-electron chi connectivity index (χ1n) is 11.2. The zero-order valence-corrected chi connectivity index (χ0v) is 19.4. The molecule has 0 amide bonds. The molecular weight excluding hydrogens is 421 g/mol. The van der Waals surface area contributed by atoms with Crippen LogP contribution < -0.4 is 15.4 Å². The molecule has 0 saturated carbocycles. The number of nitrogen functional groups attached to an aromatic ring is 1. The lowest BCUT2D eigenvalue weighted by atomic mass is 10.0. The summed E-state index contributed by atoms with van der Waals surface area (Å²) >= 11 is 0. The normalized spacial score (nSPS) is 14.3. The van der Waals surface area contributed by atoms with E-state index in [0.29, 0.717) is 23.2 Å². The predicted molar refractivity (Wildman–Crippen MR) is 129 cm³/mol. The Morgan fingerprint density at radius 1 is 1.15 bits per heavy atom. The van der Waals surface area contributed by atoms with Crippen LogP contribution in [0.25, 0.3) is 0 Å². The van der Waals surface area contributed by atoms with E-state index in [4.69, 9.17) is 21.3 Å². The molecular formula is C25H32FN5O2. The van der Waals surface area contributed by atoms with Gasteiger partial charge in [0.1, 0.15) is 17.7 Å². The van der Waals surface area contributed by atoms with E-state index in [2.05, 4.69) is 0 Å². The molecule has 0 aromatic heterocycles. The number of esters is 1. The van der Waals surface area contributed by atoms with Gasteiger partial charge in [-0.15, -0.1) is 0 Å². The highest BCUT2D eigenvalue weighted by Crippen LogP contribution is 2.25. The number of hydrogen-bond acceptors (Lipinski definition) is 5. The number of likely N-dealkylation sites (tertiary alicyclic amines) is 1. The fourth-order valence-electron chi connectivity index (χ4n) is 3.96. The Balaban J connectivity index is 1.79. The minimum Gasteiger partial charge on any atom is -0.422 e. The molecule has 0 bridgehead atoms. The maximum Gasteiger partial charge on any atom is 0.334 e. The number of amidine groups is 2. The van der Waals surface area contributed by atoms with Crippen molar-refractivity contribution >= 4 is 23.3 Å². The highest BCUT2D eigenvalue weighted by molar-refractivity contribution is 5.97. The Morgan fingerprint density at radius 3 is 2.45 bits per heavy atom. The summed E-state index contributed by atoms with van der Waals surface area (Å²) < 4.78 is 20.3. The van der Waals surface area contributed by atoms with Crippen molar-refractivity contribution in [2.45, 2.75) is 39.2 Å². The second-order valence-corrected chi connectivity index (χ2v) is 8.83. The van der Waals surface area contributed by atoms with Crippen LogP contribution in [0.4, 0.5) is 10.1 Å². The van der Waals surface area contributed by atoms with E-state index in [1.54, 1.807) is 36.2 Å². The van der Waals surface area contributed by atoms with E-state index in [1.165, 1.54) is 12.1 Å². The largest absolute Gasteiger partial charge is 0.422 e. The van der Waals surface area contributed by atoms with Gasteiger partial charge in [0, 0.05) is 37.0 Å². The molecule has 0 unspecified atom stereocenters. The van der Waals surface area contributed by atoms with Crippen LogP contribution in [-0.4, -0.2) is 48.7 Å². The molecule has 7 nitrogen and oxygen atoms in total. The third-order valence-electron chi connectivity index (χ3n) is 5.84. The summed E-state index contributed by atoms with van der Waals surface area (Å²) in [6, 6.07) is 10.7. The first-order chi connectivity index (χ1) is 15.7. The van der Waals surface area contributed by atoms with Gasteiger partial charge in [-0.1, -0.05) is 26.0 Å². The molecule has 3 rings (SSSR count). The Morgan fingerprint density at radius 2 is 1.85 bits per heavy atom. The first-order valence-corrected chi connectivity index (χ1v) is 11.2. The molecule has 0 radical (unpaired) electrons. The SMILES string of the molecule is CC(C)C[C@@H](C(=O)Oc1ccc(C(=N)N2CCCC2)cc1F)N(C)c1cccc(C(=N)N)c1. The molecule has 176 valence electrons. The van der Waals surface area contributed by atoms with Crippen molar-refractivity contribution in [1.29, 1.82) is 10.8 Å². The summed E-state index contributed by atoms with van der Waals surface area (Å²) in [5.74, 6) is -0.983. The summed E-state index contributed by atoms with van der Waals surface area (Å²) in [5, 5.41) is 16.0. The standard InChI is InChI=1S/C25H32FN5O2/c1-16(2)13-21(30(3)19-8-6-7-17(14-19)23(27)28)25(32)33-22-10-9-18(15-20(22)26)24(29)31-11-4-5-12-31/h6-10,14-16,21,29H,4-5,11-13H2,1-3H3,(H3,27,28)/t21-/m0/s1. The molecule has 1 atom stereocenters. The first kappa shape index (κ1) is 24.2. The minimum absolute atomic E-state index is 0.0603. The van der Waals surface area contributed by atoms with E-state index in [-0.39, 0.29) is 23.3 Å². The molecule has 0 aliphatic carbocycles. The average molecular weight is 454 g/mol. The van der Waals surface area contributed by atoms with Crippen LogP contribution in [0.15, 0.2) is 42.5 Å². The van der Waals surface area contributed by atoms with Gasteiger partial charge in [0.25, 0.3) is 0 Å². The highest BCUT2D eigenvalue weighted by Gasteiger charge is 2.28. The van der Waals surface area contributed by atoms with Crippen molar-refractivity contribution in [1.82, 2.24) is 4.90 Å². The summed E-state index contributed by atoms with van der Waals surface area (Å²) in [4.78, 5) is 16.8. The Labute approximate surface area is 194 Å². The maximum atomic E-state index is 14.8. The molecule has 0 spiro atoms. The number of likely N-dealkylation sites (N-methyl/N-ethyl adjacent to an activating group) is 1. The topological polar surface area (TPSA) is 107 Å². The van der Waals surface area contributed by atoms with Crippen molar-refractivity contribution in [2.75, 3.05) is 25.0 Å². The number of nitrogens with two attached hydrogens (primary N) is 1. The van der Waals surface area contributed by atoms with Gasteiger partial charge in [0.2, 0.25) is 0 Å². The van der Waals surface area contributed by atoms with E-state index in [9.17, 15) is 9.18 Å². The van der Waals surface area contributed by atoms with Gasteiger partial charge >= 0.3 is 5.97 Å². The number of benzene rings is 2. The Hall–Kier alpha value is -3.42. The molecule has 1 heterocycles. The van der Waals surface area contributed by atoms with Crippen LogP contribution >= 0.6 is 0 Å². The predicted octanol–water partition coefficient (Wildman–Crippen LogP) is 3.99. The third-order valence-corrected chi connectivity index (χ3v) is 5.84. The third kappa shape index (κ3) is 5.88. The lowest BCUT2D eigenvalue weighted by Crippen LogP contribution is -2.42. The fourth-order valence-corrected chi connectivity index (χ4v) is 3.96. The van der Waals surface area contributed by atoms with Gasteiger partial charge in [-0.05, 0) is 55.5 Å². The molecule has 1 aliphatic rings. The number of anilines is 1. The van der Waals surface area contributed by atoms with E-state index in [0.717, 1.165) is 25.9 Å². The van der Waals surface area contributed by atoms with Gasteiger partial charge in [-0.3, -0.25) is 10.8 Å². The van der Waals surface area contributed by atoms with E-state index >= 15 is 0 Å². The van der Waals surface area contributed by atoms with E-state index < -0.39 is 17.8 Å². The van der Waals surface area contributed by atoms with Crippen LogP contribution in [0.3, 0.4) is 0 Å². The van der Waals surface area contributed by atoms with Crippen LogP contribution in [0.2, 0.25) is 0 Å². The number of halogens is 1.